The second-order valence-corrected chi connectivity index (χ2v) is 12.5. The number of aryl methyl sites for hydroxylation is 1. The molecule has 0 aliphatic carbocycles. The van der Waals surface area contributed by atoms with Crippen LogP contribution in [0.5, 0.6) is 0 Å². The van der Waals surface area contributed by atoms with Crippen molar-refractivity contribution in [2.45, 2.75) is 67.0 Å². The number of hydrogen-bond acceptors (Lipinski definition) is 5. The van der Waals surface area contributed by atoms with Crippen LogP contribution in [0.2, 0.25) is 0 Å². The van der Waals surface area contributed by atoms with Gasteiger partial charge in [0.1, 0.15) is 5.82 Å². The standard InChI is InChI=1S/C32H52FN5O2/c1-6-40-32(39)37-16-11-31-29(24-37)28-21-27(33)9-10-30(28)38(31)15-8-13-35-19-17-34(18-20-35)12-7-14-36(22-25(2)3)23-26(4)5/h9-10,21,25-26H,6-8,11-20,22-24H2,1-5H3. The van der Waals surface area contributed by atoms with E-state index in [0.717, 1.165) is 80.4 Å². The van der Waals surface area contributed by atoms with Crippen molar-refractivity contribution in [1.82, 2.24) is 24.2 Å². The maximum absolute atomic E-state index is 14.2. The fraction of sp³-hybridized carbons (Fsp3) is 0.719. The first-order valence-electron chi connectivity index (χ1n) is 15.6. The molecule has 1 saturated heterocycles. The normalized spacial score (nSPS) is 17.0. The predicted octanol–water partition coefficient (Wildman–Crippen LogP) is 5.31. The number of amides is 1. The Labute approximate surface area is 241 Å². The van der Waals surface area contributed by atoms with Crippen molar-refractivity contribution in [3.63, 3.8) is 0 Å². The van der Waals surface area contributed by atoms with Crippen molar-refractivity contribution in [1.29, 1.82) is 0 Å². The number of halogens is 1. The molecule has 2 aromatic rings. The fourth-order valence-corrected chi connectivity index (χ4v) is 6.54. The quantitative estimate of drug-likeness (QED) is 0.334. The molecule has 1 aromatic heterocycles. The average molecular weight is 558 g/mol. The fourth-order valence-electron chi connectivity index (χ4n) is 6.54. The van der Waals surface area contributed by atoms with Crippen LogP contribution >= 0.6 is 0 Å². The van der Waals surface area contributed by atoms with E-state index in [-0.39, 0.29) is 11.9 Å². The van der Waals surface area contributed by atoms with E-state index < -0.39 is 0 Å². The molecular weight excluding hydrogens is 505 g/mol. The van der Waals surface area contributed by atoms with Crippen LogP contribution in [0.25, 0.3) is 10.9 Å². The van der Waals surface area contributed by atoms with Gasteiger partial charge in [0.25, 0.3) is 0 Å². The molecule has 7 nitrogen and oxygen atoms in total. The summed E-state index contributed by atoms with van der Waals surface area (Å²) in [5.74, 6) is 1.21. The van der Waals surface area contributed by atoms with Crippen molar-refractivity contribution in [3.05, 3.63) is 35.3 Å². The van der Waals surface area contributed by atoms with Gasteiger partial charge >= 0.3 is 6.09 Å². The number of carbonyl (C=O) groups is 1. The molecule has 0 saturated carbocycles. The summed E-state index contributed by atoms with van der Waals surface area (Å²) in [5.41, 5.74) is 3.39. The number of fused-ring (bicyclic) bond motifs is 3. The smallest absolute Gasteiger partial charge is 0.410 e. The zero-order valence-electron chi connectivity index (χ0n) is 25.6. The third-order valence-corrected chi connectivity index (χ3v) is 8.26. The van der Waals surface area contributed by atoms with Gasteiger partial charge in [0.05, 0.1) is 13.2 Å². The summed E-state index contributed by atoms with van der Waals surface area (Å²) >= 11 is 0. The maximum Gasteiger partial charge on any atom is 0.410 e. The summed E-state index contributed by atoms with van der Waals surface area (Å²) in [6.07, 6.45) is 2.80. The van der Waals surface area contributed by atoms with Crippen LogP contribution in [0.4, 0.5) is 9.18 Å². The van der Waals surface area contributed by atoms with E-state index >= 15 is 0 Å². The number of hydrogen-bond donors (Lipinski definition) is 0. The Bertz CT molecular complexity index is 1080. The highest BCUT2D eigenvalue weighted by molar-refractivity contribution is 5.86. The second-order valence-electron chi connectivity index (χ2n) is 12.5. The van der Waals surface area contributed by atoms with Gasteiger partial charge in [0.2, 0.25) is 0 Å². The van der Waals surface area contributed by atoms with E-state index in [9.17, 15) is 9.18 Å². The minimum atomic E-state index is -0.284. The molecule has 1 fully saturated rings. The zero-order valence-corrected chi connectivity index (χ0v) is 25.6. The van der Waals surface area contributed by atoms with Crippen LogP contribution in [-0.2, 0) is 24.2 Å². The summed E-state index contributed by atoms with van der Waals surface area (Å²) in [6.45, 7) is 23.9. The van der Waals surface area contributed by atoms with Crippen LogP contribution in [0.1, 0.15) is 58.7 Å². The highest BCUT2D eigenvalue weighted by Crippen LogP contribution is 2.32. The molecule has 8 heteroatoms. The molecule has 4 rings (SSSR count). The lowest BCUT2D eigenvalue weighted by molar-refractivity contribution is 0.102. The number of piperazine rings is 1. The van der Waals surface area contributed by atoms with Crippen LogP contribution < -0.4 is 0 Å². The number of carbonyl (C=O) groups excluding carboxylic acids is 1. The first kappa shape index (κ1) is 30.8. The van der Waals surface area contributed by atoms with E-state index in [2.05, 4.69) is 47.0 Å². The Morgan fingerprint density at radius 3 is 2.23 bits per heavy atom. The van der Waals surface area contributed by atoms with Crippen molar-refractivity contribution in [2.75, 3.05) is 72.1 Å². The molecule has 0 radical (unpaired) electrons. The third-order valence-electron chi connectivity index (χ3n) is 8.26. The summed E-state index contributed by atoms with van der Waals surface area (Å²) in [6, 6.07) is 5.08. The third kappa shape index (κ3) is 8.20. The van der Waals surface area contributed by atoms with E-state index in [1.165, 1.54) is 38.3 Å². The van der Waals surface area contributed by atoms with Gasteiger partial charge in [0, 0.05) is 80.9 Å². The number of ether oxygens (including phenoxy) is 1. The Morgan fingerprint density at radius 1 is 0.950 bits per heavy atom. The Morgan fingerprint density at radius 2 is 1.60 bits per heavy atom. The van der Waals surface area contributed by atoms with Gasteiger partial charge < -0.3 is 28.9 Å². The predicted molar refractivity (Wildman–Crippen MR) is 161 cm³/mol. The van der Waals surface area contributed by atoms with E-state index in [0.29, 0.717) is 19.7 Å². The lowest BCUT2D eigenvalue weighted by Gasteiger charge is -2.35. The molecule has 1 aromatic carbocycles. The molecule has 224 valence electrons. The number of rotatable bonds is 13. The van der Waals surface area contributed by atoms with Crippen LogP contribution in [0.15, 0.2) is 18.2 Å². The van der Waals surface area contributed by atoms with Crippen molar-refractivity contribution in [3.8, 4) is 0 Å². The van der Waals surface area contributed by atoms with Gasteiger partial charge in [-0.2, -0.15) is 0 Å². The van der Waals surface area contributed by atoms with E-state index in [1.807, 2.05) is 13.0 Å². The lowest BCUT2D eigenvalue weighted by atomic mass is 10.0. The second kappa shape index (κ2) is 14.6. The molecule has 2 aliphatic heterocycles. The van der Waals surface area contributed by atoms with Gasteiger partial charge in [-0.1, -0.05) is 27.7 Å². The molecule has 40 heavy (non-hydrogen) atoms. The summed E-state index contributed by atoms with van der Waals surface area (Å²) in [7, 11) is 0. The zero-order chi connectivity index (χ0) is 28.6. The van der Waals surface area contributed by atoms with Gasteiger partial charge in [0.15, 0.2) is 0 Å². The van der Waals surface area contributed by atoms with Crippen molar-refractivity contribution in [2.24, 2.45) is 11.8 Å². The number of aromatic nitrogens is 1. The molecule has 0 bridgehead atoms. The summed E-state index contributed by atoms with van der Waals surface area (Å²) in [4.78, 5) is 22.0. The molecular formula is C32H52FN5O2. The van der Waals surface area contributed by atoms with Gasteiger partial charge in [-0.25, -0.2) is 9.18 Å². The molecule has 0 unspecified atom stereocenters. The Hall–Kier alpha value is -2.16. The largest absolute Gasteiger partial charge is 0.450 e. The van der Waals surface area contributed by atoms with Gasteiger partial charge in [-0.3, -0.25) is 0 Å². The summed E-state index contributed by atoms with van der Waals surface area (Å²) in [5, 5.41) is 0.929. The number of benzene rings is 1. The van der Waals surface area contributed by atoms with Crippen LogP contribution in [0, 0.1) is 17.7 Å². The maximum atomic E-state index is 14.2. The lowest BCUT2D eigenvalue weighted by Crippen LogP contribution is -2.47. The van der Waals surface area contributed by atoms with Crippen LogP contribution in [-0.4, -0.2) is 102 Å². The van der Waals surface area contributed by atoms with E-state index in [4.69, 9.17) is 4.74 Å². The van der Waals surface area contributed by atoms with Crippen LogP contribution in [0.3, 0.4) is 0 Å². The molecule has 0 N–H and O–H groups in total. The first-order valence-corrected chi connectivity index (χ1v) is 15.6. The first-order chi connectivity index (χ1) is 19.2. The van der Waals surface area contributed by atoms with Gasteiger partial charge in [-0.05, 0) is 69.4 Å². The molecule has 0 atom stereocenters. The van der Waals surface area contributed by atoms with Crippen molar-refractivity contribution >= 4 is 17.0 Å². The molecule has 2 aliphatic rings. The number of nitrogens with zero attached hydrogens (tertiary/aromatic N) is 5. The molecule has 0 spiro atoms. The Balaban J connectivity index is 1.26. The SMILES string of the molecule is CCOC(=O)N1CCc2c(c3cc(F)ccc3n2CCCN2CCN(CCCN(CC(C)C)CC(C)C)CC2)C1. The van der Waals surface area contributed by atoms with Gasteiger partial charge in [-0.15, -0.1) is 0 Å². The topological polar surface area (TPSA) is 44.2 Å². The monoisotopic (exact) mass is 557 g/mol. The Kier molecular flexibility index (Phi) is 11.3. The molecule has 1 amide bonds. The highest BCUT2D eigenvalue weighted by Gasteiger charge is 2.27. The minimum Gasteiger partial charge on any atom is -0.450 e. The highest BCUT2D eigenvalue weighted by atomic mass is 19.1. The minimum absolute atomic E-state index is 0.230. The van der Waals surface area contributed by atoms with E-state index in [1.54, 1.807) is 17.0 Å². The molecule has 3 heterocycles. The summed E-state index contributed by atoms with van der Waals surface area (Å²) < 4.78 is 21.8. The van der Waals surface area contributed by atoms with Crippen molar-refractivity contribution < 1.29 is 13.9 Å². The average Bonchev–Trinajstić information content (AvgIpc) is 3.21.